The molecule has 1 amide bonds. The van der Waals surface area contributed by atoms with Crippen LogP contribution in [0, 0.1) is 5.82 Å². The van der Waals surface area contributed by atoms with E-state index in [9.17, 15) is 9.18 Å². The fourth-order valence-corrected chi connectivity index (χ4v) is 2.94. The Kier molecular flexibility index (Phi) is 4.90. The van der Waals surface area contributed by atoms with Crippen LogP contribution in [0.3, 0.4) is 0 Å². The van der Waals surface area contributed by atoms with E-state index in [0.717, 1.165) is 10.9 Å². The Balaban J connectivity index is 2.07. The summed E-state index contributed by atoms with van der Waals surface area (Å²) in [4.78, 5) is 11.6. The SMILES string of the molecule is COc1c(CCNC(=O)OC(C)(C)C)cc2ccsc2c1F. The Labute approximate surface area is 133 Å². The summed E-state index contributed by atoms with van der Waals surface area (Å²) >= 11 is 1.34. The first-order valence-electron chi connectivity index (χ1n) is 7.01. The Bertz CT molecular complexity index is 676. The van der Waals surface area contributed by atoms with Crippen molar-refractivity contribution in [1.29, 1.82) is 0 Å². The lowest BCUT2D eigenvalue weighted by Crippen LogP contribution is -2.33. The molecule has 1 N–H and O–H groups in total. The quantitative estimate of drug-likeness (QED) is 0.920. The number of amides is 1. The zero-order valence-corrected chi connectivity index (χ0v) is 14.0. The van der Waals surface area contributed by atoms with Gasteiger partial charge < -0.3 is 14.8 Å². The van der Waals surface area contributed by atoms with E-state index in [-0.39, 0.29) is 11.6 Å². The Morgan fingerprint density at radius 2 is 2.14 bits per heavy atom. The van der Waals surface area contributed by atoms with Crippen LogP contribution >= 0.6 is 11.3 Å². The number of fused-ring (bicyclic) bond motifs is 1. The first kappa shape index (κ1) is 16.5. The highest BCUT2D eigenvalue weighted by Crippen LogP contribution is 2.34. The van der Waals surface area contributed by atoms with Crippen LogP contribution in [0.2, 0.25) is 0 Å². The second-order valence-corrected chi connectivity index (χ2v) is 6.82. The van der Waals surface area contributed by atoms with Gasteiger partial charge in [0, 0.05) is 6.54 Å². The van der Waals surface area contributed by atoms with Gasteiger partial charge in [-0.25, -0.2) is 9.18 Å². The minimum atomic E-state index is -0.538. The van der Waals surface area contributed by atoms with Crippen LogP contribution < -0.4 is 10.1 Å². The van der Waals surface area contributed by atoms with E-state index in [0.29, 0.717) is 17.7 Å². The van der Waals surface area contributed by atoms with Gasteiger partial charge in [0.2, 0.25) is 0 Å². The fraction of sp³-hybridized carbons (Fsp3) is 0.438. The highest BCUT2D eigenvalue weighted by molar-refractivity contribution is 7.17. The Morgan fingerprint density at radius 3 is 2.77 bits per heavy atom. The maximum absolute atomic E-state index is 14.3. The summed E-state index contributed by atoms with van der Waals surface area (Å²) in [5, 5.41) is 5.35. The van der Waals surface area contributed by atoms with E-state index in [1.54, 1.807) is 20.8 Å². The number of alkyl carbamates (subject to hydrolysis) is 1. The molecular weight excluding hydrogens is 305 g/mol. The minimum Gasteiger partial charge on any atom is -0.493 e. The number of methoxy groups -OCH3 is 1. The van der Waals surface area contributed by atoms with E-state index < -0.39 is 11.7 Å². The van der Waals surface area contributed by atoms with Gasteiger partial charge in [0.1, 0.15) is 5.60 Å². The number of rotatable bonds is 4. The Hall–Kier alpha value is -1.82. The molecule has 0 saturated carbocycles. The molecular formula is C16H20FNO3S. The smallest absolute Gasteiger partial charge is 0.407 e. The van der Waals surface area contributed by atoms with E-state index in [4.69, 9.17) is 9.47 Å². The van der Waals surface area contributed by atoms with Crippen molar-refractivity contribution in [3.63, 3.8) is 0 Å². The average Bonchev–Trinajstić information content (AvgIpc) is 2.85. The van der Waals surface area contributed by atoms with Gasteiger partial charge >= 0.3 is 6.09 Å². The van der Waals surface area contributed by atoms with Crippen LogP contribution in [0.25, 0.3) is 10.1 Å². The van der Waals surface area contributed by atoms with Crippen molar-refractivity contribution >= 4 is 27.5 Å². The second kappa shape index (κ2) is 6.52. The average molecular weight is 325 g/mol. The summed E-state index contributed by atoms with van der Waals surface area (Å²) in [6, 6.07) is 3.76. The number of hydrogen-bond donors (Lipinski definition) is 1. The first-order valence-corrected chi connectivity index (χ1v) is 7.89. The molecule has 6 heteroatoms. The van der Waals surface area contributed by atoms with Gasteiger partial charge in [-0.3, -0.25) is 0 Å². The molecule has 1 aromatic heterocycles. The van der Waals surface area contributed by atoms with Gasteiger partial charge in [-0.15, -0.1) is 11.3 Å². The molecule has 0 spiro atoms. The number of halogens is 1. The number of hydrogen-bond acceptors (Lipinski definition) is 4. The Morgan fingerprint density at radius 1 is 1.41 bits per heavy atom. The molecule has 0 saturated heterocycles. The summed E-state index contributed by atoms with van der Waals surface area (Å²) in [7, 11) is 1.45. The highest BCUT2D eigenvalue weighted by atomic mass is 32.1. The number of nitrogens with one attached hydrogen (secondary N) is 1. The maximum Gasteiger partial charge on any atom is 0.407 e. The van der Waals surface area contributed by atoms with Crippen molar-refractivity contribution in [2.75, 3.05) is 13.7 Å². The zero-order valence-electron chi connectivity index (χ0n) is 13.2. The number of carbonyl (C=O) groups excluding carboxylic acids is 1. The molecule has 0 fully saturated rings. The molecule has 0 aliphatic heterocycles. The lowest BCUT2D eigenvalue weighted by atomic mass is 10.1. The van der Waals surface area contributed by atoms with Gasteiger partial charge in [0.15, 0.2) is 11.6 Å². The van der Waals surface area contributed by atoms with E-state index in [1.807, 2.05) is 17.5 Å². The molecule has 22 heavy (non-hydrogen) atoms. The van der Waals surface area contributed by atoms with Crippen LogP contribution in [0.1, 0.15) is 26.3 Å². The molecule has 4 nitrogen and oxygen atoms in total. The molecule has 0 atom stereocenters. The van der Waals surface area contributed by atoms with Crippen LogP contribution in [0.15, 0.2) is 17.5 Å². The normalized spacial score (nSPS) is 11.5. The third-order valence-corrected chi connectivity index (χ3v) is 3.91. The van der Waals surface area contributed by atoms with Crippen molar-refractivity contribution in [2.45, 2.75) is 32.8 Å². The van der Waals surface area contributed by atoms with E-state index in [1.165, 1.54) is 18.4 Å². The molecule has 0 aliphatic rings. The van der Waals surface area contributed by atoms with Gasteiger partial charge in [0.05, 0.1) is 11.8 Å². The molecule has 0 radical (unpaired) electrons. The predicted octanol–water partition coefficient (Wildman–Crippen LogP) is 4.12. The summed E-state index contributed by atoms with van der Waals surface area (Å²) in [5.41, 5.74) is 0.186. The molecule has 1 heterocycles. The van der Waals surface area contributed by atoms with Gasteiger partial charge in [0.25, 0.3) is 0 Å². The number of thiophene rings is 1. The molecule has 2 aromatic rings. The third kappa shape index (κ3) is 3.88. The van der Waals surface area contributed by atoms with Crippen molar-refractivity contribution in [1.82, 2.24) is 5.32 Å². The van der Waals surface area contributed by atoms with Crippen molar-refractivity contribution < 1.29 is 18.7 Å². The summed E-state index contributed by atoms with van der Waals surface area (Å²) in [6.07, 6.45) is -0.0194. The molecule has 0 unspecified atom stereocenters. The standard InChI is InChI=1S/C16H20FNO3S/c1-16(2,3)21-15(19)18-7-5-10-9-11-6-8-22-14(11)12(17)13(10)20-4/h6,8-9H,5,7H2,1-4H3,(H,18,19). The van der Waals surface area contributed by atoms with Gasteiger partial charge in [-0.05, 0) is 55.7 Å². The minimum absolute atomic E-state index is 0.237. The van der Waals surface area contributed by atoms with Crippen molar-refractivity contribution in [2.24, 2.45) is 0 Å². The molecule has 0 bridgehead atoms. The fourth-order valence-electron chi connectivity index (χ4n) is 2.13. The summed E-state index contributed by atoms with van der Waals surface area (Å²) < 4.78 is 25.3. The van der Waals surface area contributed by atoms with E-state index in [2.05, 4.69) is 5.32 Å². The zero-order chi connectivity index (χ0) is 16.3. The van der Waals surface area contributed by atoms with Gasteiger partial charge in [-0.1, -0.05) is 0 Å². The summed E-state index contributed by atoms with van der Waals surface area (Å²) in [5.74, 6) is -0.108. The topological polar surface area (TPSA) is 47.6 Å². The van der Waals surface area contributed by atoms with Crippen LogP contribution in [-0.2, 0) is 11.2 Å². The molecule has 2 rings (SSSR count). The summed E-state index contributed by atoms with van der Waals surface area (Å²) in [6.45, 7) is 5.75. The monoisotopic (exact) mass is 325 g/mol. The molecule has 120 valence electrons. The second-order valence-electron chi connectivity index (χ2n) is 5.90. The van der Waals surface area contributed by atoms with Crippen LogP contribution in [-0.4, -0.2) is 25.3 Å². The largest absolute Gasteiger partial charge is 0.493 e. The number of carbonyl (C=O) groups is 1. The molecule has 0 aliphatic carbocycles. The highest BCUT2D eigenvalue weighted by Gasteiger charge is 2.17. The maximum atomic E-state index is 14.3. The number of ether oxygens (including phenoxy) is 2. The molecule has 1 aromatic carbocycles. The number of benzene rings is 1. The third-order valence-electron chi connectivity index (χ3n) is 2.98. The predicted molar refractivity (Wildman–Crippen MR) is 86.3 cm³/mol. The van der Waals surface area contributed by atoms with E-state index >= 15 is 0 Å². The van der Waals surface area contributed by atoms with Gasteiger partial charge in [-0.2, -0.15) is 0 Å². The van der Waals surface area contributed by atoms with Crippen LogP contribution in [0.5, 0.6) is 5.75 Å². The van der Waals surface area contributed by atoms with Crippen LogP contribution in [0.4, 0.5) is 9.18 Å². The lowest BCUT2D eigenvalue weighted by molar-refractivity contribution is 0.0528. The lowest BCUT2D eigenvalue weighted by Gasteiger charge is -2.19. The van der Waals surface area contributed by atoms with Crippen molar-refractivity contribution in [3.8, 4) is 5.75 Å². The van der Waals surface area contributed by atoms with Crippen molar-refractivity contribution in [3.05, 3.63) is 28.9 Å². The first-order chi connectivity index (χ1) is 10.3.